The Balaban J connectivity index is 1.35. The molecule has 0 amide bonds. The molecule has 0 atom stereocenters. The highest BCUT2D eigenvalue weighted by Gasteiger charge is 2.20. The first-order valence-electron chi connectivity index (χ1n) is 10.3. The number of hydrogen-bond donors (Lipinski definition) is 0. The maximum atomic E-state index is 5.53. The molecule has 3 aromatic rings. The standard InChI is InChI=1S/C26H25NO2/c1-3-7-21(8-4-1)26(22-9-5-2-6-10-22)23-13-15-27(16-14-23)18-20-11-12-24-25(17-20)29-19-28-24/h1-12,17H,13-16,18-19H2. The summed E-state index contributed by atoms with van der Waals surface area (Å²) in [5.41, 5.74) is 6.89. The largest absolute Gasteiger partial charge is 0.454 e. The van der Waals surface area contributed by atoms with Crippen molar-refractivity contribution in [3.05, 3.63) is 101 Å². The van der Waals surface area contributed by atoms with Crippen LogP contribution < -0.4 is 9.47 Å². The van der Waals surface area contributed by atoms with Crippen LogP contribution in [0.5, 0.6) is 11.5 Å². The molecule has 2 aliphatic heterocycles. The minimum atomic E-state index is 0.332. The number of fused-ring (bicyclic) bond motifs is 1. The van der Waals surface area contributed by atoms with E-state index in [4.69, 9.17) is 9.47 Å². The van der Waals surface area contributed by atoms with E-state index in [1.807, 2.05) is 6.07 Å². The monoisotopic (exact) mass is 383 g/mol. The van der Waals surface area contributed by atoms with Crippen LogP contribution in [0.25, 0.3) is 5.57 Å². The summed E-state index contributed by atoms with van der Waals surface area (Å²) in [7, 11) is 0. The molecular weight excluding hydrogens is 358 g/mol. The van der Waals surface area contributed by atoms with Gasteiger partial charge in [0.25, 0.3) is 0 Å². The minimum absolute atomic E-state index is 0.332. The average molecular weight is 383 g/mol. The van der Waals surface area contributed by atoms with Crippen LogP contribution in [0.15, 0.2) is 84.4 Å². The highest BCUT2D eigenvalue weighted by molar-refractivity contribution is 5.82. The van der Waals surface area contributed by atoms with Crippen LogP contribution in [0, 0.1) is 0 Å². The van der Waals surface area contributed by atoms with Gasteiger partial charge in [-0.25, -0.2) is 0 Å². The van der Waals surface area contributed by atoms with Gasteiger partial charge in [-0.15, -0.1) is 0 Å². The van der Waals surface area contributed by atoms with Gasteiger partial charge >= 0.3 is 0 Å². The van der Waals surface area contributed by atoms with Crippen LogP contribution in [0.1, 0.15) is 29.5 Å². The smallest absolute Gasteiger partial charge is 0.231 e. The first kappa shape index (κ1) is 18.0. The van der Waals surface area contributed by atoms with Crippen molar-refractivity contribution in [2.45, 2.75) is 19.4 Å². The molecule has 3 heteroatoms. The molecule has 5 rings (SSSR count). The van der Waals surface area contributed by atoms with Crippen molar-refractivity contribution in [2.75, 3.05) is 19.9 Å². The zero-order valence-electron chi connectivity index (χ0n) is 16.5. The topological polar surface area (TPSA) is 21.7 Å². The first-order chi connectivity index (χ1) is 14.4. The normalized spacial score (nSPS) is 16.1. The van der Waals surface area contributed by atoms with Crippen molar-refractivity contribution in [3.63, 3.8) is 0 Å². The van der Waals surface area contributed by atoms with E-state index < -0.39 is 0 Å². The Morgan fingerprint density at radius 1 is 0.724 bits per heavy atom. The average Bonchev–Trinajstić information content (AvgIpc) is 3.25. The molecule has 29 heavy (non-hydrogen) atoms. The maximum absolute atomic E-state index is 5.53. The third-order valence-electron chi connectivity index (χ3n) is 5.78. The lowest BCUT2D eigenvalue weighted by Gasteiger charge is -2.30. The van der Waals surface area contributed by atoms with E-state index in [1.54, 1.807) is 5.57 Å². The fourth-order valence-electron chi connectivity index (χ4n) is 4.31. The summed E-state index contributed by atoms with van der Waals surface area (Å²) in [5, 5.41) is 0. The van der Waals surface area contributed by atoms with Crippen molar-refractivity contribution >= 4 is 5.57 Å². The highest BCUT2D eigenvalue weighted by Crippen LogP contribution is 2.35. The summed E-state index contributed by atoms with van der Waals surface area (Å²) in [4.78, 5) is 2.54. The molecule has 3 aromatic carbocycles. The zero-order valence-corrected chi connectivity index (χ0v) is 16.5. The molecule has 2 heterocycles. The Morgan fingerprint density at radius 2 is 1.34 bits per heavy atom. The van der Waals surface area contributed by atoms with Gasteiger partial charge in [-0.2, -0.15) is 0 Å². The fourth-order valence-corrected chi connectivity index (χ4v) is 4.31. The summed E-state index contributed by atoms with van der Waals surface area (Å²) in [6.45, 7) is 3.44. The molecular formula is C26H25NO2. The second-order valence-corrected chi connectivity index (χ2v) is 7.67. The van der Waals surface area contributed by atoms with E-state index in [0.29, 0.717) is 6.79 Å². The summed E-state index contributed by atoms with van der Waals surface area (Å²) >= 11 is 0. The van der Waals surface area contributed by atoms with Crippen LogP contribution in [0.3, 0.4) is 0 Å². The maximum Gasteiger partial charge on any atom is 0.231 e. The van der Waals surface area contributed by atoms with Gasteiger partial charge in [-0.1, -0.05) is 72.3 Å². The van der Waals surface area contributed by atoms with E-state index >= 15 is 0 Å². The van der Waals surface area contributed by atoms with Gasteiger partial charge in [0.2, 0.25) is 6.79 Å². The molecule has 0 unspecified atom stereocenters. The van der Waals surface area contributed by atoms with Gasteiger partial charge in [0.05, 0.1) is 0 Å². The van der Waals surface area contributed by atoms with Crippen molar-refractivity contribution in [2.24, 2.45) is 0 Å². The Bertz CT molecular complexity index is 960. The molecule has 0 N–H and O–H groups in total. The van der Waals surface area contributed by atoms with Crippen molar-refractivity contribution in [1.82, 2.24) is 4.90 Å². The van der Waals surface area contributed by atoms with Crippen LogP contribution in [0.4, 0.5) is 0 Å². The van der Waals surface area contributed by atoms with Crippen molar-refractivity contribution in [1.29, 1.82) is 0 Å². The number of nitrogens with zero attached hydrogens (tertiary/aromatic N) is 1. The Kier molecular flexibility index (Phi) is 5.06. The summed E-state index contributed by atoms with van der Waals surface area (Å²) in [5.74, 6) is 1.73. The summed E-state index contributed by atoms with van der Waals surface area (Å²) < 4.78 is 11.0. The van der Waals surface area contributed by atoms with E-state index in [1.165, 1.54) is 22.3 Å². The van der Waals surface area contributed by atoms with Crippen LogP contribution in [-0.4, -0.2) is 24.8 Å². The first-order valence-corrected chi connectivity index (χ1v) is 10.3. The van der Waals surface area contributed by atoms with Gasteiger partial charge in [-0.05, 0) is 47.2 Å². The number of hydrogen-bond acceptors (Lipinski definition) is 3. The molecule has 0 aromatic heterocycles. The van der Waals surface area contributed by atoms with Gasteiger partial charge in [0.15, 0.2) is 11.5 Å². The Labute approximate surface area is 172 Å². The number of benzene rings is 3. The van der Waals surface area contributed by atoms with E-state index in [0.717, 1.165) is 44.0 Å². The third kappa shape index (κ3) is 3.92. The zero-order chi connectivity index (χ0) is 19.5. The molecule has 0 radical (unpaired) electrons. The molecule has 0 spiro atoms. The van der Waals surface area contributed by atoms with E-state index in [-0.39, 0.29) is 0 Å². The SMILES string of the molecule is c1ccc(C(=C2CCN(Cc3ccc4c(c3)OCO4)CC2)c2ccccc2)cc1. The lowest BCUT2D eigenvalue weighted by Crippen LogP contribution is -2.30. The van der Waals surface area contributed by atoms with Crippen molar-refractivity contribution < 1.29 is 9.47 Å². The second kappa shape index (κ2) is 8.14. The number of likely N-dealkylation sites (tertiary alicyclic amines) is 1. The Hall–Kier alpha value is -3.04. The van der Waals surface area contributed by atoms with E-state index in [9.17, 15) is 0 Å². The molecule has 3 nitrogen and oxygen atoms in total. The highest BCUT2D eigenvalue weighted by atomic mass is 16.7. The molecule has 0 saturated carbocycles. The quantitative estimate of drug-likeness (QED) is 0.593. The van der Waals surface area contributed by atoms with Gasteiger partial charge in [0, 0.05) is 19.6 Å². The molecule has 2 aliphatic rings. The number of ether oxygens (including phenoxy) is 2. The minimum Gasteiger partial charge on any atom is -0.454 e. The lowest BCUT2D eigenvalue weighted by atomic mass is 9.88. The molecule has 1 saturated heterocycles. The van der Waals surface area contributed by atoms with Gasteiger partial charge in [0.1, 0.15) is 0 Å². The van der Waals surface area contributed by atoms with E-state index in [2.05, 4.69) is 77.7 Å². The second-order valence-electron chi connectivity index (χ2n) is 7.67. The fraction of sp³-hybridized carbons (Fsp3) is 0.231. The predicted molar refractivity (Wildman–Crippen MR) is 116 cm³/mol. The summed E-state index contributed by atoms with van der Waals surface area (Å²) in [6.07, 6.45) is 2.20. The van der Waals surface area contributed by atoms with Gasteiger partial charge in [-0.3, -0.25) is 4.90 Å². The summed E-state index contributed by atoms with van der Waals surface area (Å²) in [6, 6.07) is 27.9. The van der Waals surface area contributed by atoms with Gasteiger partial charge < -0.3 is 9.47 Å². The van der Waals surface area contributed by atoms with Crippen molar-refractivity contribution in [3.8, 4) is 11.5 Å². The number of rotatable bonds is 4. The molecule has 1 fully saturated rings. The van der Waals surface area contributed by atoms with Crippen LogP contribution in [0.2, 0.25) is 0 Å². The number of piperidine rings is 1. The lowest BCUT2D eigenvalue weighted by molar-refractivity contribution is 0.174. The molecule has 146 valence electrons. The Morgan fingerprint density at radius 3 is 2.00 bits per heavy atom. The molecule has 0 bridgehead atoms. The van der Waals surface area contributed by atoms with Crippen LogP contribution >= 0.6 is 0 Å². The molecule has 0 aliphatic carbocycles. The third-order valence-corrected chi connectivity index (χ3v) is 5.78. The van der Waals surface area contributed by atoms with Crippen LogP contribution in [-0.2, 0) is 6.54 Å². The predicted octanol–water partition coefficient (Wildman–Crippen LogP) is 5.51.